The molecule has 0 aliphatic rings. The molecule has 1 aromatic carbocycles. The number of benzene rings is 1. The van der Waals surface area contributed by atoms with Crippen molar-refractivity contribution in [3.63, 3.8) is 0 Å². The Kier molecular flexibility index (Phi) is 6.69. The topological polar surface area (TPSA) is 84.9 Å². The van der Waals surface area contributed by atoms with Gasteiger partial charge < -0.3 is 19.9 Å². The van der Waals surface area contributed by atoms with E-state index in [0.29, 0.717) is 30.3 Å². The van der Waals surface area contributed by atoms with Gasteiger partial charge in [-0.3, -0.25) is 4.79 Å². The molecular weight excluding hydrogens is 286 g/mol. The minimum absolute atomic E-state index is 0.212. The summed E-state index contributed by atoms with van der Waals surface area (Å²) in [6, 6.07) is 3.86. The van der Waals surface area contributed by atoms with Crippen molar-refractivity contribution < 1.29 is 24.2 Å². The van der Waals surface area contributed by atoms with Crippen LogP contribution in [0.4, 0.5) is 0 Å². The van der Waals surface area contributed by atoms with Gasteiger partial charge in [0.25, 0.3) is 5.91 Å². The predicted molar refractivity (Wildman–Crippen MR) is 82.5 cm³/mol. The zero-order valence-corrected chi connectivity index (χ0v) is 13.4. The number of carboxylic acids is 1. The van der Waals surface area contributed by atoms with Crippen LogP contribution in [0.2, 0.25) is 0 Å². The Bertz CT molecular complexity index is 527. The van der Waals surface area contributed by atoms with E-state index in [4.69, 9.17) is 14.6 Å². The number of ether oxygens (including phenoxy) is 2. The third-order valence-electron chi connectivity index (χ3n) is 3.02. The standard InChI is InChI=1S/C16H23NO5/c1-5-21-12-8-7-11(9-13(12)22-6-2)15(18)17-14(10(3)4)16(19)20/h7-10,14H,5-6H2,1-4H3,(H,17,18)(H,19,20)/t14-/m1/s1. The zero-order valence-electron chi connectivity index (χ0n) is 13.4. The van der Waals surface area contributed by atoms with Crippen molar-refractivity contribution in [1.82, 2.24) is 5.32 Å². The van der Waals surface area contributed by atoms with Crippen LogP contribution in [-0.4, -0.2) is 36.2 Å². The summed E-state index contributed by atoms with van der Waals surface area (Å²) >= 11 is 0. The number of nitrogens with one attached hydrogen (secondary N) is 1. The highest BCUT2D eigenvalue weighted by Gasteiger charge is 2.24. The Morgan fingerprint density at radius 2 is 1.73 bits per heavy atom. The Morgan fingerprint density at radius 3 is 2.23 bits per heavy atom. The van der Waals surface area contributed by atoms with Gasteiger partial charge in [-0.15, -0.1) is 0 Å². The van der Waals surface area contributed by atoms with Crippen LogP contribution in [0, 0.1) is 5.92 Å². The molecule has 2 N–H and O–H groups in total. The van der Waals surface area contributed by atoms with Crippen molar-refractivity contribution in [1.29, 1.82) is 0 Å². The molecule has 22 heavy (non-hydrogen) atoms. The third-order valence-corrected chi connectivity index (χ3v) is 3.02. The first kappa shape index (κ1) is 17.8. The van der Waals surface area contributed by atoms with E-state index < -0.39 is 17.9 Å². The van der Waals surface area contributed by atoms with Crippen LogP contribution in [-0.2, 0) is 4.79 Å². The van der Waals surface area contributed by atoms with Crippen molar-refractivity contribution in [3.8, 4) is 11.5 Å². The smallest absolute Gasteiger partial charge is 0.326 e. The van der Waals surface area contributed by atoms with E-state index in [9.17, 15) is 9.59 Å². The maximum atomic E-state index is 12.2. The average molecular weight is 309 g/mol. The van der Waals surface area contributed by atoms with Crippen LogP contribution in [0.1, 0.15) is 38.1 Å². The van der Waals surface area contributed by atoms with Gasteiger partial charge in [0.15, 0.2) is 11.5 Å². The molecule has 0 unspecified atom stereocenters. The molecule has 0 aliphatic carbocycles. The Balaban J connectivity index is 2.98. The van der Waals surface area contributed by atoms with Gasteiger partial charge in [0, 0.05) is 5.56 Å². The minimum Gasteiger partial charge on any atom is -0.490 e. The summed E-state index contributed by atoms with van der Waals surface area (Å²) < 4.78 is 10.9. The molecule has 1 aromatic rings. The van der Waals surface area contributed by atoms with Crippen molar-refractivity contribution in [2.75, 3.05) is 13.2 Å². The number of amides is 1. The van der Waals surface area contributed by atoms with Crippen LogP contribution >= 0.6 is 0 Å². The molecule has 1 amide bonds. The highest BCUT2D eigenvalue weighted by molar-refractivity contribution is 5.97. The molecule has 0 spiro atoms. The summed E-state index contributed by atoms with van der Waals surface area (Å²) in [6.07, 6.45) is 0. The molecule has 1 atom stereocenters. The van der Waals surface area contributed by atoms with Gasteiger partial charge in [-0.2, -0.15) is 0 Å². The number of carbonyl (C=O) groups is 2. The summed E-state index contributed by atoms with van der Waals surface area (Å²) in [6.45, 7) is 8.10. The summed E-state index contributed by atoms with van der Waals surface area (Å²) in [4.78, 5) is 23.4. The number of carboxylic acid groups (broad SMARTS) is 1. The van der Waals surface area contributed by atoms with Gasteiger partial charge in [-0.1, -0.05) is 13.8 Å². The second-order valence-electron chi connectivity index (χ2n) is 5.06. The quantitative estimate of drug-likeness (QED) is 0.770. The van der Waals surface area contributed by atoms with Gasteiger partial charge in [-0.05, 0) is 38.0 Å². The van der Waals surface area contributed by atoms with Crippen LogP contribution in [0.25, 0.3) is 0 Å². The molecule has 0 saturated carbocycles. The van der Waals surface area contributed by atoms with Crippen molar-refractivity contribution in [2.24, 2.45) is 5.92 Å². The van der Waals surface area contributed by atoms with E-state index in [-0.39, 0.29) is 5.92 Å². The SMILES string of the molecule is CCOc1ccc(C(=O)N[C@@H](C(=O)O)C(C)C)cc1OCC. The second-order valence-corrected chi connectivity index (χ2v) is 5.06. The highest BCUT2D eigenvalue weighted by Crippen LogP contribution is 2.28. The number of hydrogen-bond acceptors (Lipinski definition) is 4. The van der Waals surface area contributed by atoms with Gasteiger partial charge in [-0.25, -0.2) is 4.79 Å². The van der Waals surface area contributed by atoms with Gasteiger partial charge in [0.2, 0.25) is 0 Å². The summed E-state index contributed by atoms with van der Waals surface area (Å²) in [5, 5.41) is 11.7. The Morgan fingerprint density at radius 1 is 1.14 bits per heavy atom. The molecular formula is C16H23NO5. The van der Waals surface area contributed by atoms with Crippen molar-refractivity contribution in [3.05, 3.63) is 23.8 Å². The molecule has 0 radical (unpaired) electrons. The summed E-state index contributed by atoms with van der Waals surface area (Å²) in [5.74, 6) is -0.701. The predicted octanol–water partition coefficient (Wildman–Crippen LogP) is 2.32. The van der Waals surface area contributed by atoms with Crippen molar-refractivity contribution in [2.45, 2.75) is 33.7 Å². The summed E-state index contributed by atoms with van der Waals surface area (Å²) in [5.41, 5.74) is 0.332. The normalized spacial score (nSPS) is 11.9. The maximum absolute atomic E-state index is 12.2. The van der Waals surface area contributed by atoms with Gasteiger partial charge >= 0.3 is 5.97 Å². The average Bonchev–Trinajstić information content (AvgIpc) is 2.46. The molecule has 0 heterocycles. The molecule has 6 nitrogen and oxygen atoms in total. The number of aliphatic carboxylic acids is 1. The molecule has 122 valence electrons. The first-order chi connectivity index (χ1) is 10.4. The van der Waals surface area contributed by atoms with E-state index in [1.54, 1.807) is 32.0 Å². The lowest BCUT2D eigenvalue weighted by molar-refractivity contribution is -0.140. The van der Waals surface area contributed by atoms with E-state index >= 15 is 0 Å². The highest BCUT2D eigenvalue weighted by atomic mass is 16.5. The molecule has 0 fully saturated rings. The van der Waals surface area contributed by atoms with Crippen LogP contribution in [0.3, 0.4) is 0 Å². The maximum Gasteiger partial charge on any atom is 0.326 e. The monoisotopic (exact) mass is 309 g/mol. The Hall–Kier alpha value is -2.24. The van der Waals surface area contributed by atoms with Crippen LogP contribution in [0.5, 0.6) is 11.5 Å². The lowest BCUT2D eigenvalue weighted by atomic mass is 10.0. The number of carbonyl (C=O) groups excluding carboxylic acids is 1. The fourth-order valence-corrected chi connectivity index (χ4v) is 1.93. The lowest BCUT2D eigenvalue weighted by Crippen LogP contribution is -2.44. The molecule has 0 aromatic heterocycles. The number of hydrogen-bond donors (Lipinski definition) is 2. The van der Waals surface area contributed by atoms with E-state index in [1.807, 2.05) is 13.8 Å². The fraction of sp³-hybridized carbons (Fsp3) is 0.500. The third kappa shape index (κ3) is 4.65. The molecule has 1 rings (SSSR count). The Labute approximate surface area is 130 Å². The first-order valence-electron chi connectivity index (χ1n) is 7.34. The first-order valence-corrected chi connectivity index (χ1v) is 7.34. The fourth-order valence-electron chi connectivity index (χ4n) is 1.93. The van der Waals surface area contributed by atoms with E-state index in [2.05, 4.69) is 5.32 Å². The van der Waals surface area contributed by atoms with Gasteiger partial charge in [0.05, 0.1) is 13.2 Å². The van der Waals surface area contributed by atoms with E-state index in [1.165, 1.54) is 0 Å². The molecule has 6 heteroatoms. The van der Waals surface area contributed by atoms with E-state index in [0.717, 1.165) is 0 Å². The zero-order chi connectivity index (χ0) is 16.7. The minimum atomic E-state index is -1.06. The van der Waals surface area contributed by atoms with Crippen LogP contribution < -0.4 is 14.8 Å². The number of rotatable bonds is 8. The van der Waals surface area contributed by atoms with Crippen LogP contribution in [0.15, 0.2) is 18.2 Å². The van der Waals surface area contributed by atoms with Crippen molar-refractivity contribution >= 4 is 11.9 Å². The second kappa shape index (κ2) is 8.26. The van der Waals surface area contributed by atoms with Gasteiger partial charge in [0.1, 0.15) is 6.04 Å². The lowest BCUT2D eigenvalue weighted by Gasteiger charge is -2.18. The molecule has 0 aliphatic heterocycles. The molecule has 0 bridgehead atoms. The molecule has 0 saturated heterocycles. The summed E-state index contributed by atoms with van der Waals surface area (Å²) in [7, 11) is 0. The largest absolute Gasteiger partial charge is 0.490 e.